The van der Waals surface area contributed by atoms with Crippen LogP contribution < -0.4 is 10.1 Å². The van der Waals surface area contributed by atoms with Gasteiger partial charge in [0, 0.05) is 28.7 Å². The number of hydrogen-bond acceptors (Lipinski definition) is 7. The van der Waals surface area contributed by atoms with E-state index in [4.69, 9.17) is 4.74 Å². The van der Waals surface area contributed by atoms with E-state index in [1.807, 2.05) is 66.9 Å². The number of amides is 1. The Balaban J connectivity index is 1.35. The Hall–Kier alpha value is -3.67. The normalized spacial score (nSPS) is 10.5. The van der Waals surface area contributed by atoms with Crippen molar-refractivity contribution in [2.45, 2.75) is 18.4 Å². The second-order valence-electron chi connectivity index (χ2n) is 7.44. The van der Waals surface area contributed by atoms with E-state index in [2.05, 4.69) is 21.4 Å². The van der Waals surface area contributed by atoms with Gasteiger partial charge in [-0.1, -0.05) is 29.8 Å². The molecule has 2 heterocycles. The van der Waals surface area contributed by atoms with E-state index in [0.29, 0.717) is 21.5 Å². The van der Waals surface area contributed by atoms with Gasteiger partial charge in [0.1, 0.15) is 16.8 Å². The van der Waals surface area contributed by atoms with Gasteiger partial charge in [-0.05, 0) is 43.3 Å². The molecule has 34 heavy (non-hydrogen) atoms. The van der Waals surface area contributed by atoms with Crippen molar-refractivity contribution in [1.29, 1.82) is 5.26 Å². The lowest BCUT2D eigenvalue weighted by Crippen LogP contribution is -2.12. The molecule has 0 radical (unpaired) electrons. The summed E-state index contributed by atoms with van der Waals surface area (Å²) in [5, 5.41) is 15.4. The van der Waals surface area contributed by atoms with Crippen molar-refractivity contribution >= 4 is 34.1 Å². The summed E-state index contributed by atoms with van der Waals surface area (Å²) < 4.78 is 5.20. The Morgan fingerprint density at radius 2 is 1.74 bits per heavy atom. The molecule has 4 rings (SSSR count). The Kier molecular flexibility index (Phi) is 7.58. The first-order chi connectivity index (χ1) is 16.6. The number of thioether (sulfide) groups is 1. The van der Waals surface area contributed by atoms with Crippen molar-refractivity contribution < 1.29 is 9.53 Å². The molecule has 0 aliphatic heterocycles. The van der Waals surface area contributed by atoms with Gasteiger partial charge in [-0.15, -0.1) is 23.1 Å². The zero-order valence-electron chi connectivity index (χ0n) is 18.7. The average molecular weight is 487 g/mol. The van der Waals surface area contributed by atoms with E-state index >= 15 is 0 Å². The van der Waals surface area contributed by atoms with Crippen LogP contribution in [0.2, 0.25) is 0 Å². The number of carbonyl (C=O) groups excluding carboxylic acids is 1. The van der Waals surface area contributed by atoms with Crippen LogP contribution in [0.3, 0.4) is 0 Å². The van der Waals surface area contributed by atoms with Crippen molar-refractivity contribution in [3.8, 4) is 34.3 Å². The number of hydrogen-bond donors (Lipinski definition) is 1. The van der Waals surface area contributed by atoms with Crippen molar-refractivity contribution in [2.24, 2.45) is 0 Å². The minimum Gasteiger partial charge on any atom is -0.497 e. The van der Waals surface area contributed by atoms with Gasteiger partial charge in [0.05, 0.1) is 24.1 Å². The Morgan fingerprint density at radius 1 is 1.03 bits per heavy atom. The molecule has 0 unspecified atom stereocenters. The van der Waals surface area contributed by atoms with E-state index in [1.54, 1.807) is 13.2 Å². The molecular weight excluding hydrogens is 464 g/mol. The zero-order valence-corrected chi connectivity index (χ0v) is 20.4. The number of nitriles is 1. The number of pyridine rings is 1. The number of anilines is 1. The van der Waals surface area contributed by atoms with Crippen LogP contribution in [0.15, 0.2) is 71.1 Å². The third-order valence-corrected chi connectivity index (χ3v) is 6.78. The molecule has 1 N–H and O–H groups in total. The largest absolute Gasteiger partial charge is 0.497 e. The lowest BCUT2D eigenvalue weighted by atomic mass is 10.1. The van der Waals surface area contributed by atoms with E-state index in [-0.39, 0.29) is 12.3 Å². The first-order valence-electron chi connectivity index (χ1n) is 10.6. The molecule has 0 saturated heterocycles. The van der Waals surface area contributed by atoms with Gasteiger partial charge >= 0.3 is 0 Å². The van der Waals surface area contributed by atoms with E-state index < -0.39 is 0 Å². The maximum absolute atomic E-state index is 12.4. The van der Waals surface area contributed by atoms with Gasteiger partial charge in [-0.2, -0.15) is 5.26 Å². The number of ether oxygens (including phenoxy) is 1. The highest BCUT2D eigenvalue weighted by Gasteiger charge is 2.11. The quantitative estimate of drug-likeness (QED) is 0.299. The average Bonchev–Trinajstić information content (AvgIpc) is 3.32. The molecule has 0 aliphatic rings. The highest BCUT2D eigenvalue weighted by molar-refractivity contribution is 7.99. The second kappa shape index (κ2) is 11.0. The van der Waals surface area contributed by atoms with Crippen LogP contribution in [-0.2, 0) is 4.79 Å². The van der Waals surface area contributed by atoms with Crippen molar-refractivity contribution in [1.82, 2.24) is 9.97 Å². The molecule has 0 fully saturated rings. The van der Waals surface area contributed by atoms with Gasteiger partial charge in [-0.25, -0.2) is 9.97 Å². The number of methoxy groups -OCH3 is 1. The number of aromatic nitrogens is 2. The Bertz CT molecular complexity index is 1330. The molecule has 0 aliphatic carbocycles. The fourth-order valence-electron chi connectivity index (χ4n) is 3.17. The minimum absolute atomic E-state index is 0.123. The summed E-state index contributed by atoms with van der Waals surface area (Å²) in [6.07, 6.45) is 0.281. The van der Waals surface area contributed by atoms with Crippen molar-refractivity contribution in [2.75, 3.05) is 18.2 Å². The summed E-state index contributed by atoms with van der Waals surface area (Å²) in [5.74, 6) is 1.14. The number of benzene rings is 2. The molecule has 0 atom stereocenters. The number of carbonyl (C=O) groups is 1. The van der Waals surface area contributed by atoms with E-state index in [9.17, 15) is 10.1 Å². The Morgan fingerprint density at radius 3 is 2.44 bits per heavy atom. The van der Waals surface area contributed by atoms with Gasteiger partial charge in [-0.3, -0.25) is 4.79 Å². The molecule has 0 saturated carbocycles. The molecule has 1 amide bonds. The summed E-state index contributed by atoms with van der Waals surface area (Å²) in [7, 11) is 1.62. The molecule has 2 aromatic carbocycles. The van der Waals surface area contributed by atoms with Gasteiger partial charge in [0.25, 0.3) is 0 Å². The number of nitrogens with one attached hydrogen (secondary N) is 1. The summed E-state index contributed by atoms with van der Waals surface area (Å²) in [4.78, 5) is 21.6. The topological polar surface area (TPSA) is 87.9 Å². The SMILES string of the molecule is COc1ccc(-c2ccc(C#N)c(SCCC(=O)Nc3nc(-c4ccc(C)cc4)cs3)n2)cc1. The third-order valence-electron chi connectivity index (χ3n) is 5.03. The number of nitrogens with zero attached hydrogens (tertiary/aromatic N) is 3. The van der Waals surface area contributed by atoms with Gasteiger partial charge in [0.2, 0.25) is 5.91 Å². The lowest BCUT2D eigenvalue weighted by Gasteiger charge is -2.07. The highest BCUT2D eigenvalue weighted by atomic mass is 32.2. The van der Waals surface area contributed by atoms with Crippen LogP contribution >= 0.6 is 23.1 Å². The molecular formula is C26H22N4O2S2. The lowest BCUT2D eigenvalue weighted by molar-refractivity contribution is -0.115. The molecule has 0 bridgehead atoms. The van der Waals surface area contributed by atoms with Crippen molar-refractivity contribution in [3.63, 3.8) is 0 Å². The van der Waals surface area contributed by atoms with Crippen LogP contribution in [0, 0.1) is 18.3 Å². The second-order valence-corrected chi connectivity index (χ2v) is 9.38. The van der Waals surface area contributed by atoms with Crippen molar-refractivity contribution in [3.05, 3.63) is 77.2 Å². The molecule has 6 nitrogen and oxygen atoms in total. The van der Waals surface area contributed by atoms with Crippen LogP contribution in [0.4, 0.5) is 5.13 Å². The fourth-order valence-corrected chi connectivity index (χ4v) is 4.82. The predicted molar refractivity (Wildman–Crippen MR) is 137 cm³/mol. The molecule has 170 valence electrons. The summed E-state index contributed by atoms with van der Waals surface area (Å²) in [6.45, 7) is 2.04. The number of aryl methyl sites for hydroxylation is 1. The fraction of sp³-hybridized carbons (Fsp3) is 0.154. The maximum atomic E-state index is 12.4. The standard InChI is InChI=1S/C26H22N4O2S2/c1-17-3-5-19(6-4-17)23-16-34-26(29-23)30-24(31)13-14-33-25-20(15-27)9-12-22(28-25)18-7-10-21(32-2)11-8-18/h3-12,16H,13-14H2,1-2H3,(H,29,30,31). The predicted octanol–water partition coefficient (Wildman–Crippen LogP) is 6.18. The van der Waals surface area contributed by atoms with E-state index in [1.165, 1.54) is 28.7 Å². The zero-order chi connectivity index (χ0) is 23.9. The van der Waals surface area contributed by atoms with Crippen LogP contribution in [0.25, 0.3) is 22.5 Å². The van der Waals surface area contributed by atoms with Crippen LogP contribution in [0.5, 0.6) is 5.75 Å². The maximum Gasteiger partial charge on any atom is 0.226 e. The van der Waals surface area contributed by atoms with Gasteiger partial charge in [0.15, 0.2) is 5.13 Å². The highest BCUT2D eigenvalue weighted by Crippen LogP contribution is 2.28. The van der Waals surface area contributed by atoms with Crippen LogP contribution in [0.1, 0.15) is 17.5 Å². The minimum atomic E-state index is -0.123. The number of rotatable bonds is 8. The van der Waals surface area contributed by atoms with Crippen LogP contribution in [-0.4, -0.2) is 28.7 Å². The smallest absolute Gasteiger partial charge is 0.226 e. The summed E-state index contributed by atoms with van der Waals surface area (Å²) in [5.41, 5.74) is 5.23. The summed E-state index contributed by atoms with van der Waals surface area (Å²) >= 11 is 2.80. The summed E-state index contributed by atoms with van der Waals surface area (Å²) in [6, 6.07) is 21.5. The third kappa shape index (κ3) is 5.81. The molecule has 0 spiro atoms. The number of thiazole rings is 1. The van der Waals surface area contributed by atoms with Gasteiger partial charge < -0.3 is 10.1 Å². The molecule has 4 aromatic rings. The molecule has 2 aromatic heterocycles. The van der Waals surface area contributed by atoms with E-state index in [0.717, 1.165) is 28.3 Å². The first kappa shape index (κ1) is 23.5. The molecule has 8 heteroatoms. The Labute approximate surface area is 206 Å². The first-order valence-corrected chi connectivity index (χ1v) is 12.4. The monoisotopic (exact) mass is 486 g/mol.